The molecule has 1 aromatic rings. The zero-order valence-electron chi connectivity index (χ0n) is 12.5. The van der Waals surface area contributed by atoms with Crippen molar-refractivity contribution in [1.82, 2.24) is 4.90 Å². The fraction of sp³-hybridized carbons (Fsp3) is 0.625. The van der Waals surface area contributed by atoms with Gasteiger partial charge in [-0.05, 0) is 57.0 Å². The summed E-state index contributed by atoms with van der Waals surface area (Å²) < 4.78 is 0. The van der Waals surface area contributed by atoms with Crippen molar-refractivity contribution in [3.05, 3.63) is 29.8 Å². The van der Waals surface area contributed by atoms with Crippen molar-refractivity contribution in [3.63, 3.8) is 0 Å². The molecule has 2 unspecified atom stereocenters. The van der Waals surface area contributed by atoms with Crippen LogP contribution >= 0.6 is 0 Å². The number of nitrogens with two attached hydrogens (primary N) is 1. The zero-order chi connectivity index (χ0) is 13.8. The maximum atomic E-state index is 5.83. The van der Waals surface area contributed by atoms with E-state index in [9.17, 15) is 0 Å². The molecule has 1 saturated heterocycles. The molecule has 0 spiro atoms. The quantitative estimate of drug-likeness (QED) is 0.879. The lowest BCUT2D eigenvalue weighted by Gasteiger charge is -2.23. The summed E-state index contributed by atoms with van der Waals surface area (Å²) in [6.45, 7) is 5.67. The Bertz CT molecular complexity index is 385. The summed E-state index contributed by atoms with van der Waals surface area (Å²) in [5.74, 6) is 0.804. The molecule has 1 aliphatic rings. The van der Waals surface area contributed by atoms with E-state index >= 15 is 0 Å². The number of hydrogen-bond donors (Lipinski definition) is 1. The monoisotopic (exact) mass is 261 g/mol. The maximum absolute atomic E-state index is 5.83. The minimum absolute atomic E-state index is 0.234. The van der Waals surface area contributed by atoms with E-state index in [1.54, 1.807) is 0 Å². The Hall–Kier alpha value is -1.06. The van der Waals surface area contributed by atoms with Gasteiger partial charge in [0.15, 0.2) is 0 Å². The van der Waals surface area contributed by atoms with E-state index in [1.165, 1.54) is 30.8 Å². The van der Waals surface area contributed by atoms with Crippen molar-refractivity contribution in [2.24, 2.45) is 11.7 Å². The molecule has 1 aliphatic heterocycles. The molecule has 2 rings (SSSR count). The van der Waals surface area contributed by atoms with E-state index in [2.05, 4.69) is 55.1 Å². The molecular weight excluding hydrogens is 234 g/mol. The minimum Gasteiger partial charge on any atom is -0.374 e. The summed E-state index contributed by atoms with van der Waals surface area (Å²) in [5, 5.41) is 0. The predicted molar refractivity (Wildman–Crippen MR) is 82.7 cm³/mol. The fourth-order valence-electron chi connectivity index (χ4n) is 2.93. The molecule has 1 aromatic carbocycles. The molecule has 3 heteroatoms. The van der Waals surface area contributed by atoms with Crippen LogP contribution in [0.1, 0.15) is 18.9 Å². The number of benzene rings is 1. The first-order chi connectivity index (χ1) is 9.04. The molecule has 19 heavy (non-hydrogen) atoms. The van der Waals surface area contributed by atoms with E-state index < -0.39 is 0 Å². The van der Waals surface area contributed by atoms with Gasteiger partial charge in [-0.3, -0.25) is 0 Å². The van der Waals surface area contributed by atoms with Crippen LogP contribution in [0.4, 0.5) is 5.69 Å². The molecule has 0 amide bonds. The van der Waals surface area contributed by atoms with Crippen molar-refractivity contribution in [3.8, 4) is 0 Å². The normalized spacial score (nSPS) is 21.6. The standard InChI is InChI=1S/C16H27N3/c1-13(17)10-14-4-6-16(7-5-14)19(3)12-15-8-9-18(2)11-15/h4-7,13,15H,8-12,17H2,1-3H3. The third-order valence-electron chi connectivity index (χ3n) is 3.96. The van der Waals surface area contributed by atoms with Crippen LogP contribution in [-0.2, 0) is 6.42 Å². The molecule has 0 bridgehead atoms. The molecule has 106 valence electrons. The molecule has 1 heterocycles. The Balaban J connectivity index is 1.90. The van der Waals surface area contributed by atoms with Crippen molar-refractivity contribution >= 4 is 5.69 Å². The second-order valence-corrected chi connectivity index (χ2v) is 6.15. The van der Waals surface area contributed by atoms with Gasteiger partial charge in [0.05, 0.1) is 0 Å². The largest absolute Gasteiger partial charge is 0.374 e. The lowest BCUT2D eigenvalue weighted by molar-refractivity contribution is 0.396. The lowest BCUT2D eigenvalue weighted by Crippen LogP contribution is -2.27. The average molecular weight is 261 g/mol. The number of rotatable bonds is 5. The van der Waals surface area contributed by atoms with Crippen molar-refractivity contribution in [2.75, 3.05) is 38.6 Å². The van der Waals surface area contributed by atoms with Gasteiger partial charge in [-0.1, -0.05) is 12.1 Å². The van der Waals surface area contributed by atoms with Gasteiger partial charge in [0.2, 0.25) is 0 Å². The van der Waals surface area contributed by atoms with Crippen LogP contribution in [0.2, 0.25) is 0 Å². The van der Waals surface area contributed by atoms with E-state index in [0.29, 0.717) is 0 Å². The third-order valence-corrected chi connectivity index (χ3v) is 3.96. The summed E-state index contributed by atoms with van der Waals surface area (Å²) in [5.41, 5.74) is 8.46. The van der Waals surface area contributed by atoms with Gasteiger partial charge in [-0.2, -0.15) is 0 Å². The average Bonchev–Trinajstić information content (AvgIpc) is 2.75. The molecule has 0 radical (unpaired) electrons. The molecule has 0 aliphatic carbocycles. The van der Waals surface area contributed by atoms with Crippen LogP contribution in [-0.4, -0.2) is 44.7 Å². The maximum Gasteiger partial charge on any atom is 0.0363 e. The van der Waals surface area contributed by atoms with Crippen molar-refractivity contribution in [2.45, 2.75) is 25.8 Å². The van der Waals surface area contributed by atoms with Crippen LogP contribution < -0.4 is 10.6 Å². The Morgan fingerprint density at radius 2 is 2.05 bits per heavy atom. The molecule has 1 fully saturated rings. The van der Waals surface area contributed by atoms with Gasteiger partial charge < -0.3 is 15.5 Å². The van der Waals surface area contributed by atoms with Crippen LogP contribution in [0.25, 0.3) is 0 Å². The van der Waals surface area contributed by atoms with E-state index in [-0.39, 0.29) is 6.04 Å². The van der Waals surface area contributed by atoms with Crippen LogP contribution in [0.5, 0.6) is 0 Å². The zero-order valence-corrected chi connectivity index (χ0v) is 12.5. The van der Waals surface area contributed by atoms with Gasteiger partial charge in [0.1, 0.15) is 0 Å². The number of nitrogens with zero attached hydrogens (tertiary/aromatic N) is 2. The summed E-state index contributed by atoms with van der Waals surface area (Å²) >= 11 is 0. The van der Waals surface area contributed by atoms with E-state index in [1.807, 2.05) is 0 Å². The van der Waals surface area contributed by atoms with Crippen molar-refractivity contribution < 1.29 is 0 Å². The number of hydrogen-bond acceptors (Lipinski definition) is 3. The molecule has 0 aromatic heterocycles. The Morgan fingerprint density at radius 3 is 2.58 bits per heavy atom. The first-order valence-corrected chi connectivity index (χ1v) is 7.29. The van der Waals surface area contributed by atoms with E-state index in [0.717, 1.165) is 18.9 Å². The Kier molecular flexibility index (Phi) is 4.83. The summed E-state index contributed by atoms with van der Waals surface area (Å²) in [6.07, 6.45) is 2.28. The summed E-state index contributed by atoms with van der Waals surface area (Å²) in [6, 6.07) is 9.08. The predicted octanol–water partition coefficient (Wildman–Crippen LogP) is 1.96. The fourth-order valence-corrected chi connectivity index (χ4v) is 2.93. The second kappa shape index (κ2) is 6.40. The summed E-state index contributed by atoms with van der Waals surface area (Å²) in [4.78, 5) is 4.80. The SMILES string of the molecule is CC(N)Cc1ccc(N(C)CC2CCN(C)C2)cc1. The van der Waals surface area contributed by atoms with Gasteiger partial charge in [0.25, 0.3) is 0 Å². The number of anilines is 1. The number of likely N-dealkylation sites (tertiary alicyclic amines) is 1. The van der Waals surface area contributed by atoms with Gasteiger partial charge in [0, 0.05) is 31.9 Å². The highest BCUT2D eigenvalue weighted by Gasteiger charge is 2.20. The highest BCUT2D eigenvalue weighted by Crippen LogP contribution is 2.20. The van der Waals surface area contributed by atoms with Gasteiger partial charge in [-0.25, -0.2) is 0 Å². The third kappa shape index (κ3) is 4.22. The lowest BCUT2D eigenvalue weighted by atomic mass is 10.1. The molecule has 3 nitrogen and oxygen atoms in total. The molecule has 2 atom stereocenters. The molecular formula is C16H27N3. The first-order valence-electron chi connectivity index (χ1n) is 7.29. The summed E-state index contributed by atoms with van der Waals surface area (Å²) in [7, 11) is 4.40. The highest BCUT2D eigenvalue weighted by atomic mass is 15.1. The first kappa shape index (κ1) is 14.4. The highest BCUT2D eigenvalue weighted by molar-refractivity contribution is 5.47. The Morgan fingerprint density at radius 1 is 1.37 bits per heavy atom. The van der Waals surface area contributed by atoms with Gasteiger partial charge >= 0.3 is 0 Å². The van der Waals surface area contributed by atoms with Crippen molar-refractivity contribution in [1.29, 1.82) is 0 Å². The minimum atomic E-state index is 0.234. The molecule has 0 saturated carbocycles. The van der Waals surface area contributed by atoms with Crippen LogP contribution in [0.15, 0.2) is 24.3 Å². The van der Waals surface area contributed by atoms with E-state index in [4.69, 9.17) is 5.73 Å². The topological polar surface area (TPSA) is 32.5 Å². The van der Waals surface area contributed by atoms with Gasteiger partial charge in [-0.15, -0.1) is 0 Å². The Labute approximate surface area is 117 Å². The second-order valence-electron chi connectivity index (χ2n) is 6.15. The van der Waals surface area contributed by atoms with Crippen LogP contribution in [0.3, 0.4) is 0 Å². The van der Waals surface area contributed by atoms with Crippen LogP contribution in [0, 0.1) is 5.92 Å². The molecule has 2 N–H and O–H groups in total. The smallest absolute Gasteiger partial charge is 0.0363 e.